The van der Waals surface area contributed by atoms with Crippen LogP contribution in [0.3, 0.4) is 0 Å². The van der Waals surface area contributed by atoms with Gasteiger partial charge in [-0.25, -0.2) is 0 Å². The molecule has 0 aliphatic carbocycles. The molecule has 19 heavy (non-hydrogen) atoms. The van der Waals surface area contributed by atoms with Gasteiger partial charge in [0.1, 0.15) is 0 Å². The summed E-state index contributed by atoms with van der Waals surface area (Å²) in [5, 5.41) is 0. The van der Waals surface area contributed by atoms with Gasteiger partial charge in [0.05, 0.1) is 0 Å². The van der Waals surface area contributed by atoms with Gasteiger partial charge in [-0.1, -0.05) is 0 Å². The fourth-order valence-corrected chi connectivity index (χ4v) is 1.38. The van der Waals surface area contributed by atoms with E-state index in [2.05, 4.69) is 50.4 Å². The molecule has 0 fully saturated rings. The zero-order valence-electron chi connectivity index (χ0n) is 10.8. The monoisotopic (exact) mass is 439 g/mol. The van der Waals surface area contributed by atoms with Crippen LogP contribution < -0.4 is 0 Å². The van der Waals surface area contributed by atoms with Gasteiger partial charge in [0.25, 0.3) is 0 Å². The van der Waals surface area contributed by atoms with Crippen molar-refractivity contribution in [2.75, 3.05) is 0 Å². The SMILES string of the molecule is CCCCCCC[CH2][Mo].OP(O)(O)=S.OP(O)(O)=S. The topological polar surface area (TPSA) is 121 Å². The number of unbranched alkanes of at least 4 members (excludes halogenated alkanes) is 5. The first-order valence-corrected chi connectivity index (χ1v) is 12.3. The summed E-state index contributed by atoms with van der Waals surface area (Å²) in [7, 11) is 0. The minimum absolute atomic E-state index is 1.37. The van der Waals surface area contributed by atoms with Gasteiger partial charge in [-0.2, -0.15) is 0 Å². The first-order chi connectivity index (χ1) is 8.41. The standard InChI is InChI=1S/C8H17.Mo.2H3O3PS/c1-3-5-7-8-6-4-2;;2*1-4(2,3)5/h1,3-8H2,2H3;;2*(H3,1,2,3,5). The predicted molar refractivity (Wildman–Crippen MR) is 80.1 cm³/mol. The predicted octanol–water partition coefficient (Wildman–Crippen LogP) is 1.69. The van der Waals surface area contributed by atoms with Gasteiger partial charge in [0, 0.05) is 0 Å². The van der Waals surface area contributed by atoms with Gasteiger partial charge >= 0.3 is 83.5 Å². The summed E-state index contributed by atoms with van der Waals surface area (Å²) in [5.74, 6) is 0. The van der Waals surface area contributed by atoms with E-state index in [0.29, 0.717) is 0 Å². The van der Waals surface area contributed by atoms with E-state index in [1.54, 1.807) is 0 Å². The van der Waals surface area contributed by atoms with Crippen molar-refractivity contribution in [3.63, 3.8) is 0 Å². The van der Waals surface area contributed by atoms with Crippen molar-refractivity contribution in [1.29, 1.82) is 0 Å². The molecule has 0 bridgehead atoms. The van der Waals surface area contributed by atoms with E-state index in [-0.39, 0.29) is 0 Å². The zero-order valence-corrected chi connectivity index (χ0v) is 16.2. The van der Waals surface area contributed by atoms with Crippen LogP contribution in [0.25, 0.3) is 0 Å². The first kappa shape index (κ1) is 25.7. The Morgan fingerprint density at radius 2 is 1.00 bits per heavy atom. The molecule has 0 amide bonds. The molecule has 0 saturated heterocycles. The van der Waals surface area contributed by atoms with E-state index in [1.807, 2.05) is 0 Å². The van der Waals surface area contributed by atoms with Gasteiger partial charge in [-0.15, -0.1) is 0 Å². The molecule has 0 radical (unpaired) electrons. The van der Waals surface area contributed by atoms with Crippen LogP contribution in [0.4, 0.5) is 0 Å². The fourth-order valence-electron chi connectivity index (χ4n) is 0.882. The van der Waals surface area contributed by atoms with E-state index in [9.17, 15) is 0 Å². The molecular weight excluding hydrogens is 414 g/mol. The zero-order chi connectivity index (χ0) is 15.9. The smallest absolute Gasteiger partial charge is 0.319 e. The van der Waals surface area contributed by atoms with Gasteiger partial charge in [-0.3, -0.25) is 0 Å². The Morgan fingerprint density at radius 1 is 0.737 bits per heavy atom. The number of rotatable bonds is 6. The van der Waals surface area contributed by atoms with Crippen LogP contribution >= 0.6 is 13.4 Å². The average Bonchev–Trinajstić information content (AvgIpc) is 2.12. The van der Waals surface area contributed by atoms with Crippen LogP contribution in [-0.4, -0.2) is 29.4 Å². The summed E-state index contributed by atoms with van der Waals surface area (Å²) in [6, 6.07) is 0. The third-order valence-corrected chi connectivity index (χ3v) is 2.21. The summed E-state index contributed by atoms with van der Waals surface area (Å²) in [6.07, 6.45) is 8.62. The van der Waals surface area contributed by atoms with E-state index in [1.165, 1.54) is 43.3 Å². The minimum Gasteiger partial charge on any atom is -0.325 e. The maximum atomic E-state index is 7.56. The molecule has 0 heterocycles. The Balaban J connectivity index is -0.000000219. The molecule has 11 heteroatoms. The van der Waals surface area contributed by atoms with Crippen LogP contribution in [-0.2, 0) is 43.4 Å². The molecular formula is C8H23MoO6P2S2. The molecule has 0 aromatic carbocycles. The van der Waals surface area contributed by atoms with Crippen molar-refractivity contribution in [3.05, 3.63) is 0 Å². The normalized spacial score (nSPS) is 10.9. The fraction of sp³-hybridized carbons (Fsp3) is 1.00. The van der Waals surface area contributed by atoms with Crippen molar-refractivity contribution in [2.45, 2.75) is 50.3 Å². The second kappa shape index (κ2) is 16.1. The van der Waals surface area contributed by atoms with Crippen molar-refractivity contribution in [1.82, 2.24) is 0 Å². The molecule has 0 unspecified atom stereocenters. The van der Waals surface area contributed by atoms with Crippen LogP contribution in [0.5, 0.6) is 0 Å². The van der Waals surface area contributed by atoms with Crippen LogP contribution in [0.2, 0.25) is 4.81 Å². The maximum absolute atomic E-state index is 7.56. The van der Waals surface area contributed by atoms with Crippen LogP contribution in [0.15, 0.2) is 0 Å². The quantitative estimate of drug-likeness (QED) is 0.211. The molecule has 0 aliphatic rings. The summed E-state index contributed by atoms with van der Waals surface area (Å²) < 4.78 is 0. The molecule has 0 spiro atoms. The number of hydrogen-bond donors (Lipinski definition) is 6. The third kappa shape index (κ3) is 104. The van der Waals surface area contributed by atoms with Gasteiger partial charge in [-0.05, 0) is 23.6 Å². The second-order valence-corrected chi connectivity index (χ2v) is 9.49. The van der Waals surface area contributed by atoms with Crippen LogP contribution in [0, 0.1) is 0 Å². The minimum atomic E-state index is -3.81. The molecule has 6 N–H and O–H groups in total. The summed E-state index contributed by atoms with van der Waals surface area (Å²) >= 11 is 9.41. The molecule has 119 valence electrons. The van der Waals surface area contributed by atoms with E-state index in [4.69, 9.17) is 29.4 Å². The van der Waals surface area contributed by atoms with E-state index in [0.717, 1.165) is 0 Å². The van der Waals surface area contributed by atoms with Crippen LogP contribution in [0.1, 0.15) is 45.4 Å². The molecule has 0 aromatic heterocycles. The van der Waals surface area contributed by atoms with Crippen molar-refractivity contribution in [2.24, 2.45) is 0 Å². The van der Waals surface area contributed by atoms with Gasteiger partial charge in [0.2, 0.25) is 0 Å². The van der Waals surface area contributed by atoms with Crippen molar-refractivity contribution < 1.29 is 49.2 Å². The van der Waals surface area contributed by atoms with Gasteiger partial charge < -0.3 is 29.4 Å². The Bertz CT molecular complexity index is 227. The molecule has 0 atom stereocenters. The molecule has 0 rings (SSSR count). The molecule has 0 aromatic rings. The summed E-state index contributed by atoms with van der Waals surface area (Å²) in [5.41, 5.74) is 0. The largest absolute Gasteiger partial charge is 0.325 e. The molecule has 6 nitrogen and oxygen atoms in total. The summed E-state index contributed by atoms with van der Waals surface area (Å²) in [6.45, 7) is -5.35. The molecule has 0 saturated carbocycles. The Kier molecular flexibility index (Phi) is 21.8. The van der Waals surface area contributed by atoms with E-state index < -0.39 is 13.4 Å². The number of hydrogen-bond acceptors (Lipinski definition) is 2. The second-order valence-electron chi connectivity index (χ2n) is 3.50. The third-order valence-electron chi connectivity index (χ3n) is 1.50. The van der Waals surface area contributed by atoms with E-state index >= 15 is 0 Å². The molecule has 0 aliphatic heterocycles. The summed E-state index contributed by atoms with van der Waals surface area (Å²) in [4.78, 5) is 46.7. The maximum Gasteiger partial charge on any atom is 0.319 e. The van der Waals surface area contributed by atoms with Crippen molar-refractivity contribution in [3.8, 4) is 0 Å². The Morgan fingerprint density at radius 3 is 1.26 bits per heavy atom. The Labute approximate surface area is 136 Å². The van der Waals surface area contributed by atoms with Crippen molar-refractivity contribution >= 4 is 37.1 Å². The average molecular weight is 437 g/mol. The van der Waals surface area contributed by atoms with Gasteiger partial charge in [0.15, 0.2) is 0 Å². The first-order valence-electron chi connectivity index (χ1n) is 5.56. The Hall–Kier alpha value is 1.75.